The quantitative estimate of drug-likeness (QED) is 0.248. The molecule has 0 amide bonds. The summed E-state index contributed by atoms with van der Waals surface area (Å²) in [5.41, 5.74) is 0. The summed E-state index contributed by atoms with van der Waals surface area (Å²) < 4.78 is 0. The van der Waals surface area contributed by atoms with Gasteiger partial charge in [0.25, 0.3) is 0 Å². The van der Waals surface area contributed by atoms with Crippen LogP contribution in [0.2, 0.25) is 0 Å². The Morgan fingerprint density at radius 1 is 2.00 bits per heavy atom. The van der Waals surface area contributed by atoms with Crippen molar-refractivity contribution in [3.05, 3.63) is 0 Å². The molecule has 0 aliphatic carbocycles. The summed E-state index contributed by atoms with van der Waals surface area (Å²) in [7, 11) is 4.74. The van der Waals surface area contributed by atoms with Crippen LogP contribution in [0.3, 0.4) is 0 Å². The van der Waals surface area contributed by atoms with Crippen molar-refractivity contribution in [2.75, 3.05) is 5.75 Å². The summed E-state index contributed by atoms with van der Waals surface area (Å²) in [4.78, 5) is 0. The molecule has 0 nitrogen and oxygen atoms in total. The van der Waals surface area contributed by atoms with Crippen molar-refractivity contribution >= 4 is 17.7 Å². The standard InChI is InChI=1S/C3H6PS/c1-3-2-5(3)4/h3H,2H2,1H3/q-1/t3-/m0/s1. The summed E-state index contributed by atoms with van der Waals surface area (Å²) in [5.74, 6) is 1.36. The number of rotatable bonds is 0. The van der Waals surface area contributed by atoms with Crippen LogP contribution in [-0.2, 0) is 9.87 Å². The summed E-state index contributed by atoms with van der Waals surface area (Å²) in [6.07, 6.45) is 0. The van der Waals surface area contributed by atoms with Crippen LogP contribution in [0.5, 0.6) is 0 Å². The fourth-order valence-electron chi connectivity index (χ4n) is 0.201. The van der Waals surface area contributed by atoms with Gasteiger partial charge >= 0.3 is 35.6 Å². The van der Waals surface area contributed by atoms with Crippen LogP contribution < -0.4 is 0 Å². The molecule has 0 saturated carbocycles. The molecule has 1 aliphatic heterocycles. The van der Waals surface area contributed by atoms with Crippen LogP contribution in [0.4, 0.5) is 0 Å². The van der Waals surface area contributed by atoms with Crippen molar-refractivity contribution in [1.82, 2.24) is 0 Å². The van der Waals surface area contributed by atoms with E-state index in [4.69, 9.17) is 0 Å². The van der Waals surface area contributed by atoms with E-state index in [0.717, 1.165) is 5.25 Å². The molecule has 1 aliphatic rings. The van der Waals surface area contributed by atoms with Gasteiger partial charge in [0.05, 0.1) is 0 Å². The van der Waals surface area contributed by atoms with E-state index < -0.39 is 0 Å². The van der Waals surface area contributed by atoms with E-state index >= 15 is 0 Å². The normalized spacial score (nSPS) is 38.0. The van der Waals surface area contributed by atoms with E-state index in [1.807, 2.05) is 0 Å². The molecule has 1 atom stereocenters. The van der Waals surface area contributed by atoms with Gasteiger partial charge in [0, 0.05) is 0 Å². The van der Waals surface area contributed by atoms with Crippen molar-refractivity contribution < 1.29 is 0 Å². The zero-order valence-electron chi connectivity index (χ0n) is 3.14. The Labute approximate surface area is 36.4 Å². The number of hydrogen-bond donors (Lipinski definition) is 0. The summed E-state index contributed by atoms with van der Waals surface area (Å²) in [6.45, 7) is 2.23. The Morgan fingerprint density at radius 2 is 2.20 bits per heavy atom. The topological polar surface area (TPSA) is 0 Å². The average Bonchev–Trinajstić information content (AvgIpc) is 1.79. The van der Waals surface area contributed by atoms with E-state index in [-0.39, 0.29) is 0 Å². The molecule has 0 N–H and O–H groups in total. The maximum absolute atomic E-state index is 4.20. The molecule has 0 bridgehead atoms. The van der Waals surface area contributed by atoms with Gasteiger partial charge in [0.15, 0.2) is 0 Å². The fraction of sp³-hybridized carbons (Fsp3) is 1.00. The summed E-state index contributed by atoms with van der Waals surface area (Å²) in [5, 5.41) is 0.943. The molecule has 2 heteroatoms. The second-order valence-corrected chi connectivity index (χ2v) is 4.73. The Balaban J connectivity index is 2.58. The molecule has 0 radical (unpaired) electrons. The van der Waals surface area contributed by atoms with Crippen LogP contribution in [0, 0.1) is 0 Å². The van der Waals surface area contributed by atoms with Crippen molar-refractivity contribution in [3.63, 3.8) is 0 Å². The zero-order valence-corrected chi connectivity index (χ0v) is 4.85. The zero-order chi connectivity index (χ0) is 3.86. The van der Waals surface area contributed by atoms with Crippen molar-refractivity contribution in [1.29, 1.82) is 0 Å². The molecule has 0 aromatic carbocycles. The minimum absolute atomic E-state index is 0.539. The Kier molecular flexibility index (Phi) is 0.892. The minimum atomic E-state index is 0.539. The SMILES string of the molecule is C[C@H]1C[S-]1#P. The van der Waals surface area contributed by atoms with E-state index in [2.05, 4.69) is 14.7 Å². The average molecular weight is 105 g/mol. The first-order chi connectivity index (χ1) is 2.30. The van der Waals surface area contributed by atoms with Gasteiger partial charge in [-0.05, 0) is 0 Å². The molecule has 0 aromatic rings. The predicted octanol–water partition coefficient (Wildman–Crippen LogP) is 1.33. The van der Waals surface area contributed by atoms with Crippen LogP contribution >= 0.6 is 7.81 Å². The van der Waals surface area contributed by atoms with Gasteiger partial charge in [-0.25, -0.2) is 0 Å². The third-order valence-electron chi connectivity index (χ3n) is 0.754. The Hall–Kier alpha value is 0.780. The maximum atomic E-state index is 4.20. The molecule has 0 unspecified atom stereocenters. The van der Waals surface area contributed by atoms with Gasteiger partial charge < -0.3 is 0 Å². The van der Waals surface area contributed by atoms with Crippen LogP contribution in [0.25, 0.3) is 0 Å². The molecule has 0 aromatic heterocycles. The van der Waals surface area contributed by atoms with Crippen molar-refractivity contribution in [2.45, 2.75) is 12.2 Å². The first-order valence-electron chi connectivity index (χ1n) is 1.69. The monoisotopic (exact) mass is 105 g/mol. The molecule has 30 valence electrons. The van der Waals surface area contributed by atoms with Crippen LogP contribution in [0.1, 0.15) is 6.92 Å². The molecule has 0 spiro atoms. The molecule has 5 heavy (non-hydrogen) atoms. The van der Waals surface area contributed by atoms with Crippen molar-refractivity contribution in [2.24, 2.45) is 0 Å². The molecule has 1 saturated heterocycles. The van der Waals surface area contributed by atoms with Gasteiger partial charge in [0.2, 0.25) is 0 Å². The van der Waals surface area contributed by atoms with E-state index in [9.17, 15) is 0 Å². The van der Waals surface area contributed by atoms with Gasteiger partial charge in [0.1, 0.15) is 0 Å². The third-order valence-corrected chi connectivity index (χ3v) is 3.79. The van der Waals surface area contributed by atoms with Crippen LogP contribution in [-0.4, -0.2) is 11.0 Å². The second kappa shape index (κ2) is 1.13. The van der Waals surface area contributed by atoms with Crippen molar-refractivity contribution in [3.8, 4) is 0 Å². The number of hydrogen-bond acceptors (Lipinski definition) is 1. The first-order valence-corrected chi connectivity index (χ1v) is 4.20. The van der Waals surface area contributed by atoms with E-state index in [0.29, 0.717) is 9.87 Å². The van der Waals surface area contributed by atoms with Gasteiger partial charge in [-0.1, -0.05) is 0 Å². The molecule has 1 rings (SSSR count). The molecule has 1 heterocycles. The predicted molar refractivity (Wildman–Crippen MR) is 28.6 cm³/mol. The fourth-order valence-corrected chi connectivity index (χ4v) is 1.78. The Bertz CT molecular complexity index is 99.2. The summed E-state index contributed by atoms with van der Waals surface area (Å²) >= 11 is 0. The summed E-state index contributed by atoms with van der Waals surface area (Å²) in [6, 6.07) is 0. The van der Waals surface area contributed by atoms with Gasteiger partial charge in [-0.3, -0.25) is 0 Å². The third kappa shape index (κ3) is 0.804. The first kappa shape index (κ1) is 3.95. The molecule has 1 fully saturated rings. The molecular weight excluding hydrogens is 99.1 g/mol. The van der Waals surface area contributed by atoms with E-state index in [1.54, 1.807) is 0 Å². The van der Waals surface area contributed by atoms with Crippen LogP contribution in [0.15, 0.2) is 0 Å². The van der Waals surface area contributed by atoms with Gasteiger partial charge in [-0.2, -0.15) is 0 Å². The van der Waals surface area contributed by atoms with Gasteiger partial charge in [-0.15, -0.1) is 0 Å². The second-order valence-electron chi connectivity index (χ2n) is 1.38. The van der Waals surface area contributed by atoms with E-state index in [1.165, 1.54) is 5.75 Å². The Morgan fingerprint density at radius 3 is 2.20 bits per heavy atom. The molecular formula is C3H6PS-.